The topological polar surface area (TPSA) is 66.9 Å². The smallest absolute Gasteiger partial charge is 0.142 e. The summed E-state index contributed by atoms with van der Waals surface area (Å²) in [6, 6.07) is 7.93. The zero-order valence-electron chi connectivity index (χ0n) is 12.9. The molecular formula is C17H19N5O. The van der Waals surface area contributed by atoms with Crippen LogP contribution >= 0.6 is 0 Å². The van der Waals surface area contributed by atoms with Gasteiger partial charge in [-0.1, -0.05) is 6.07 Å². The third kappa shape index (κ3) is 3.03. The molecule has 1 aliphatic heterocycles. The van der Waals surface area contributed by atoms with Gasteiger partial charge in [0.25, 0.3) is 0 Å². The highest BCUT2D eigenvalue weighted by Crippen LogP contribution is 2.26. The first-order valence-electron chi connectivity index (χ1n) is 7.95. The Bertz CT molecular complexity index is 773. The summed E-state index contributed by atoms with van der Waals surface area (Å²) in [6.45, 7) is 2.41. The van der Waals surface area contributed by atoms with Gasteiger partial charge in [0, 0.05) is 25.5 Å². The molecule has 23 heavy (non-hydrogen) atoms. The molecular weight excluding hydrogens is 290 g/mol. The Balaban J connectivity index is 1.46. The third-order valence-electron chi connectivity index (χ3n) is 4.20. The number of rotatable bonds is 4. The molecule has 6 heteroatoms. The van der Waals surface area contributed by atoms with E-state index < -0.39 is 0 Å². The number of hydrogen-bond acceptors (Lipinski definition) is 5. The maximum absolute atomic E-state index is 6.06. The summed E-state index contributed by atoms with van der Waals surface area (Å²) in [4.78, 5) is 18.5. The predicted octanol–water partition coefficient (Wildman–Crippen LogP) is 2.54. The molecule has 0 spiro atoms. The Morgan fingerprint density at radius 1 is 1.22 bits per heavy atom. The second kappa shape index (κ2) is 6.34. The highest BCUT2D eigenvalue weighted by Gasteiger charge is 2.23. The lowest BCUT2D eigenvalue weighted by Gasteiger charge is -2.33. The number of hydrogen-bond donors (Lipinski definition) is 1. The van der Waals surface area contributed by atoms with E-state index >= 15 is 0 Å². The molecule has 0 amide bonds. The van der Waals surface area contributed by atoms with E-state index in [1.165, 1.54) is 0 Å². The fourth-order valence-corrected chi connectivity index (χ4v) is 3.06. The van der Waals surface area contributed by atoms with Crippen LogP contribution in [0.4, 0.5) is 5.82 Å². The predicted molar refractivity (Wildman–Crippen MR) is 88.1 cm³/mol. The molecule has 0 aromatic carbocycles. The van der Waals surface area contributed by atoms with E-state index in [0.29, 0.717) is 6.61 Å². The fraction of sp³-hybridized carbons (Fsp3) is 0.353. The maximum atomic E-state index is 6.06. The second-order valence-electron chi connectivity index (χ2n) is 5.78. The van der Waals surface area contributed by atoms with Crippen LogP contribution in [0.3, 0.4) is 0 Å². The van der Waals surface area contributed by atoms with Crippen molar-refractivity contribution >= 4 is 16.9 Å². The van der Waals surface area contributed by atoms with Gasteiger partial charge in [-0.05, 0) is 31.0 Å². The van der Waals surface area contributed by atoms with Crippen molar-refractivity contribution in [2.45, 2.75) is 25.6 Å². The lowest BCUT2D eigenvalue weighted by Crippen LogP contribution is -2.40. The molecule has 1 saturated heterocycles. The molecule has 0 bridgehead atoms. The number of piperidine rings is 1. The van der Waals surface area contributed by atoms with E-state index in [4.69, 9.17) is 4.74 Å². The highest BCUT2D eigenvalue weighted by atomic mass is 16.5. The molecule has 118 valence electrons. The summed E-state index contributed by atoms with van der Waals surface area (Å²) in [7, 11) is 0. The number of aromatic amines is 1. The summed E-state index contributed by atoms with van der Waals surface area (Å²) < 4.78 is 6.06. The van der Waals surface area contributed by atoms with Crippen LogP contribution in [0.1, 0.15) is 18.5 Å². The lowest BCUT2D eigenvalue weighted by atomic mass is 10.1. The molecule has 3 aromatic rings. The van der Waals surface area contributed by atoms with Crippen LogP contribution in [-0.4, -0.2) is 39.1 Å². The van der Waals surface area contributed by atoms with Crippen LogP contribution in [0.2, 0.25) is 0 Å². The minimum atomic E-state index is 0.203. The molecule has 0 saturated carbocycles. The number of anilines is 1. The Labute approximate surface area is 134 Å². The highest BCUT2D eigenvalue weighted by molar-refractivity contribution is 5.87. The van der Waals surface area contributed by atoms with Gasteiger partial charge in [-0.25, -0.2) is 9.97 Å². The number of nitrogens with one attached hydrogen (secondary N) is 1. The SMILES string of the molecule is c1ccc(CO[C@H]2CCCN(c3ncnc4[nH]ccc34)C2)nc1. The monoisotopic (exact) mass is 309 g/mol. The van der Waals surface area contributed by atoms with Gasteiger partial charge in [-0.3, -0.25) is 4.98 Å². The molecule has 4 heterocycles. The van der Waals surface area contributed by atoms with E-state index in [0.717, 1.165) is 48.5 Å². The Morgan fingerprint density at radius 2 is 2.22 bits per heavy atom. The van der Waals surface area contributed by atoms with Gasteiger partial charge in [0.15, 0.2) is 0 Å². The van der Waals surface area contributed by atoms with Crippen molar-refractivity contribution in [1.82, 2.24) is 19.9 Å². The lowest BCUT2D eigenvalue weighted by molar-refractivity contribution is 0.0297. The summed E-state index contributed by atoms with van der Waals surface area (Å²) in [5, 5.41) is 1.07. The van der Waals surface area contributed by atoms with Gasteiger partial charge in [-0.2, -0.15) is 0 Å². The second-order valence-corrected chi connectivity index (χ2v) is 5.78. The van der Waals surface area contributed by atoms with Gasteiger partial charge in [0.1, 0.15) is 17.8 Å². The van der Waals surface area contributed by atoms with Crippen LogP contribution < -0.4 is 4.90 Å². The average molecular weight is 309 g/mol. The zero-order chi connectivity index (χ0) is 15.5. The summed E-state index contributed by atoms with van der Waals surface area (Å²) >= 11 is 0. The normalized spacial score (nSPS) is 18.4. The Kier molecular flexibility index (Phi) is 3.90. The number of pyridine rings is 1. The molecule has 0 radical (unpaired) electrons. The fourth-order valence-electron chi connectivity index (χ4n) is 3.06. The number of ether oxygens (including phenoxy) is 1. The van der Waals surface area contributed by atoms with E-state index in [-0.39, 0.29) is 6.10 Å². The molecule has 0 aliphatic carbocycles. The van der Waals surface area contributed by atoms with Gasteiger partial charge < -0.3 is 14.6 Å². The van der Waals surface area contributed by atoms with Crippen molar-refractivity contribution in [2.75, 3.05) is 18.0 Å². The maximum Gasteiger partial charge on any atom is 0.142 e. The number of H-pyrrole nitrogens is 1. The molecule has 1 N–H and O–H groups in total. The van der Waals surface area contributed by atoms with E-state index in [9.17, 15) is 0 Å². The summed E-state index contributed by atoms with van der Waals surface area (Å²) in [6.07, 6.45) is 7.70. The van der Waals surface area contributed by atoms with Crippen LogP contribution in [0.5, 0.6) is 0 Å². The van der Waals surface area contributed by atoms with Crippen molar-refractivity contribution in [3.8, 4) is 0 Å². The van der Waals surface area contributed by atoms with Crippen LogP contribution in [0, 0.1) is 0 Å². The Morgan fingerprint density at radius 3 is 3.13 bits per heavy atom. The van der Waals surface area contributed by atoms with Crippen molar-refractivity contribution in [2.24, 2.45) is 0 Å². The summed E-state index contributed by atoms with van der Waals surface area (Å²) in [5.74, 6) is 0.988. The minimum absolute atomic E-state index is 0.203. The number of nitrogens with zero attached hydrogens (tertiary/aromatic N) is 4. The summed E-state index contributed by atoms with van der Waals surface area (Å²) in [5.41, 5.74) is 1.85. The molecule has 3 aromatic heterocycles. The number of aromatic nitrogens is 4. The Hall–Kier alpha value is -2.47. The third-order valence-corrected chi connectivity index (χ3v) is 4.20. The molecule has 1 fully saturated rings. The van der Waals surface area contributed by atoms with Gasteiger partial charge in [0.05, 0.1) is 23.8 Å². The van der Waals surface area contributed by atoms with Gasteiger partial charge >= 0.3 is 0 Å². The van der Waals surface area contributed by atoms with Crippen molar-refractivity contribution in [1.29, 1.82) is 0 Å². The minimum Gasteiger partial charge on any atom is -0.370 e. The van der Waals surface area contributed by atoms with Crippen LogP contribution in [-0.2, 0) is 11.3 Å². The van der Waals surface area contributed by atoms with E-state index in [2.05, 4.69) is 24.8 Å². The quantitative estimate of drug-likeness (QED) is 0.802. The average Bonchev–Trinajstić information content (AvgIpc) is 3.10. The van der Waals surface area contributed by atoms with E-state index in [1.54, 1.807) is 12.5 Å². The molecule has 6 nitrogen and oxygen atoms in total. The van der Waals surface area contributed by atoms with Crippen LogP contribution in [0.25, 0.3) is 11.0 Å². The first-order chi connectivity index (χ1) is 11.4. The van der Waals surface area contributed by atoms with E-state index in [1.807, 2.05) is 30.5 Å². The standard InChI is InChI=1S/C17H19N5O/c1-2-7-18-13(4-1)11-23-14-5-3-9-22(10-14)17-15-6-8-19-16(15)20-12-21-17/h1-2,4,6-8,12,14H,3,5,9-11H2,(H,19,20,21)/t14-/m0/s1. The van der Waals surface area contributed by atoms with Gasteiger partial charge in [0.2, 0.25) is 0 Å². The largest absolute Gasteiger partial charge is 0.370 e. The molecule has 1 atom stereocenters. The number of fused-ring (bicyclic) bond motifs is 1. The van der Waals surface area contributed by atoms with Crippen molar-refractivity contribution < 1.29 is 4.74 Å². The first-order valence-corrected chi connectivity index (χ1v) is 7.95. The first kappa shape index (κ1) is 14.1. The molecule has 0 unspecified atom stereocenters. The van der Waals surface area contributed by atoms with Crippen molar-refractivity contribution in [3.05, 3.63) is 48.7 Å². The molecule has 1 aliphatic rings. The van der Waals surface area contributed by atoms with Gasteiger partial charge in [-0.15, -0.1) is 0 Å². The van der Waals surface area contributed by atoms with Crippen LogP contribution in [0.15, 0.2) is 43.0 Å². The van der Waals surface area contributed by atoms with Crippen molar-refractivity contribution in [3.63, 3.8) is 0 Å². The molecule has 4 rings (SSSR count). The zero-order valence-corrected chi connectivity index (χ0v) is 12.9.